The van der Waals surface area contributed by atoms with Crippen molar-refractivity contribution in [1.82, 2.24) is 0 Å². The molecule has 3 rings (SSSR count). The second kappa shape index (κ2) is 8.94. The maximum absolute atomic E-state index is 12.2. The average Bonchev–Trinajstić information content (AvgIpc) is 2.67. The highest BCUT2D eigenvalue weighted by atomic mass is 32.2. The molecule has 0 unspecified atom stereocenters. The van der Waals surface area contributed by atoms with Gasteiger partial charge in [-0.25, -0.2) is 0 Å². The highest BCUT2D eigenvalue weighted by Crippen LogP contribution is 2.29. The first-order valence-corrected chi connectivity index (χ1v) is 9.03. The highest BCUT2D eigenvalue weighted by Gasteiger charge is 2.08. The number of thioether (sulfide) groups is 1. The molecule has 0 spiro atoms. The fraction of sp³-hybridized carbons (Fsp3) is 0.0952. The van der Waals surface area contributed by atoms with Gasteiger partial charge in [-0.2, -0.15) is 0 Å². The van der Waals surface area contributed by atoms with Gasteiger partial charge in [-0.15, -0.1) is 11.8 Å². The van der Waals surface area contributed by atoms with Crippen molar-refractivity contribution in [2.24, 2.45) is 0 Å². The van der Waals surface area contributed by atoms with Gasteiger partial charge in [0.1, 0.15) is 5.75 Å². The Morgan fingerprint density at radius 1 is 0.840 bits per heavy atom. The number of ether oxygens (including phenoxy) is 1. The van der Waals surface area contributed by atoms with Crippen molar-refractivity contribution in [3.63, 3.8) is 0 Å². The van der Waals surface area contributed by atoms with Crippen LogP contribution in [0.5, 0.6) is 5.75 Å². The van der Waals surface area contributed by atoms with Crippen LogP contribution < -0.4 is 10.1 Å². The third-order valence-corrected chi connectivity index (χ3v) is 4.66. The Balaban J connectivity index is 1.57. The van der Waals surface area contributed by atoms with Crippen LogP contribution in [0, 0.1) is 0 Å². The molecule has 0 heterocycles. The minimum atomic E-state index is -0.170. The second-order valence-corrected chi connectivity index (χ2v) is 6.44. The molecule has 0 aliphatic carbocycles. The van der Waals surface area contributed by atoms with Crippen LogP contribution in [0.25, 0.3) is 0 Å². The van der Waals surface area contributed by atoms with E-state index in [0.29, 0.717) is 5.75 Å². The van der Waals surface area contributed by atoms with Gasteiger partial charge in [-0.05, 0) is 29.8 Å². The number of benzene rings is 3. The molecular formula is C21H19NO2S. The van der Waals surface area contributed by atoms with Gasteiger partial charge < -0.3 is 10.1 Å². The molecule has 126 valence electrons. The number of rotatable bonds is 7. The van der Waals surface area contributed by atoms with E-state index < -0.39 is 0 Å². The summed E-state index contributed by atoms with van der Waals surface area (Å²) >= 11 is 1.70. The van der Waals surface area contributed by atoms with Crippen LogP contribution >= 0.6 is 11.8 Å². The smallest absolute Gasteiger partial charge is 0.262 e. The SMILES string of the molecule is O=C(COc1ccccc1)Nc1ccccc1SCc1ccccc1. The maximum Gasteiger partial charge on any atom is 0.262 e. The van der Waals surface area contributed by atoms with E-state index >= 15 is 0 Å². The van der Waals surface area contributed by atoms with Crippen LogP contribution in [-0.4, -0.2) is 12.5 Å². The molecule has 0 fully saturated rings. The van der Waals surface area contributed by atoms with Gasteiger partial charge in [0.2, 0.25) is 0 Å². The molecule has 0 bridgehead atoms. The minimum Gasteiger partial charge on any atom is -0.484 e. The summed E-state index contributed by atoms with van der Waals surface area (Å²) in [7, 11) is 0. The van der Waals surface area contributed by atoms with Crippen LogP contribution in [0.1, 0.15) is 5.56 Å². The quantitative estimate of drug-likeness (QED) is 0.610. The summed E-state index contributed by atoms with van der Waals surface area (Å²) in [6, 6.07) is 27.4. The van der Waals surface area contributed by atoms with E-state index in [1.165, 1.54) is 5.56 Å². The highest BCUT2D eigenvalue weighted by molar-refractivity contribution is 7.98. The molecule has 1 N–H and O–H groups in total. The standard InChI is InChI=1S/C21H19NO2S/c23-21(15-24-18-11-5-2-6-12-18)22-19-13-7-8-14-20(19)25-16-17-9-3-1-4-10-17/h1-14H,15-16H2,(H,22,23). The number of amides is 1. The van der Waals surface area contributed by atoms with E-state index in [2.05, 4.69) is 17.4 Å². The summed E-state index contributed by atoms with van der Waals surface area (Å²) in [5.41, 5.74) is 2.06. The number of hydrogen-bond acceptors (Lipinski definition) is 3. The Morgan fingerprint density at radius 2 is 1.48 bits per heavy atom. The Hall–Kier alpha value is -2.72. The van der Waals surface area contributed by atoms with Crippen LogP contribution in [0.15, 0.2) is 89.8 Å². The monoisotopic (exact) mass is 349 g/mol. The Bertz CT molecular complexity index is 806. The molecule has 0 saturated heterocycles. The first kappa shape index (κ1) is 17.1. The van der Waals surface area contributed by atoms with E-state index in [1.54, 1.807) is 11.8 Å². The van der Waals surface area contributed by atoms with Crippen molar-refractivity contribution in [3.8, 4) is 5.75 Å². The molecule has 0 saturated carbocycles. The predicted octanol–water partition coefficient (Wildman–Crippen LogP) is 5.00. The summed E-state index contributed by atoms with van der Waals surface area (Å²) in [5.74, 6) is 1.37. The van der Waals surface area contributed by atoms with Crippen LogP contribution in [0.3, 0.4) is 0 Å². The summed E-state index contributed by atoms with van der Waals surface area (Å²) < 4.78 is 5.49. The maximum atomic E-state index is 12.2. The van der Waals surface area contributed by atoms with Crippen molar-refractivity contribution in [2.75, 3.05) is 11.9 Å². The van der Waals surface area contributed by atoms with Crippen molar-refractivity contribution in [2.45, 2.75) is 10.6 Å². The van der Waals surface area contributed by atoms with Gasteiger partial charge in [-0.3, -0.25) is 4.79 Å². The third-order valence-electron chi connectivity index (χ3n) is 3.51. The van der Waals surface area contributed by atoms with E-state index in [-0.39, 0.29) is 12.5 Å². The molecular weight excluding hydrogens is 330 g/mol. The van der Waals surface area contributed by atoms with E-state index in [9.17, 15) is 4.79 Å². The predicted molar refractivity (Wildman–Crippen MR) is 103 cm³/mol. The molecule has 0 aliphatic heterocycles. The molecule has 3 aromatic rings. The third kappa shape index (κ3) is 5.40. The van der Waals surface area contributed by atoms with Gasteiger partial charge in [0, 0.05) is 10.6 Å². The van der Waals surface area contributed by atoms with Crippen molar-refractivity contribution >= 4 is 23.4 Å². The molecule has 3 nitrogen and oxygen atoms in total. The summed E-state index contributed by atoms with van der Waals surface area (Å²) in [5, 5.41) is 2.93. The fourth-order valence-electron chi connectivity index (χ4n) is 2.28. The zero-order chi connectivity index (χ0) is 17.3. The number of anilines is 1. The Morgan fingerprint density at radius 3 is 2.24 bits per heavy atom. The summed E-state index contributed by atoms with van der Waals surface area (Å²) in [6.45, 7) is -0.0122. The van der Waals surface area contributed by atoms with Gasteiger partial charge in [0.25, 0.3) is 5.91 Å². The lowest BCUT2D eigenvalue weighted by molar-refractivity contribution is -0.118. The van der Waals surface area contributed by atoms with Gasteiger partial charge in [0.05, 0.1) is 5.69 Å². The first-order chi connectivity index (χ1) is 12.3. The lowest BCUT2D eigenvalue weighted by Crippen LogP contribution is -2.20. The van der Waals surface area contributed by atoms with Crippen molar-refractivity contribution in [3.05, 3.63) is 90.5 Å². The topological polar surface area (TPSA) is 38.3 Å². The van der Waals surface area contributed by atoms with Gasteiger partial charge >= 0.3 is 0 Å². The average molecular weight is 349 g/mol. The molecule has 0 radical (unpaired) electrons. The molecule has 0 atom stereocenters. The van der Waals surface area contributed by atoms with E-state index in [1.807, 2.05) is 72.8 Å². The summed E-state index contributed by atoms with van der Waals surface area (Å²) in [4.78, 5) is 13.2. The molecule has 1 amide bonds. The number of carbonyl (C=O) groups excluding carboxylic acids is 1. The van der Waals surface area contributed by atoms with Crippen molar-refractivity contribution in [1.29, 1.82) is 0 Å². The molecule has 3 aromatic carbocycles. The fourth-order valence-corrected chi connectivity index (χ4v) is 3.25. The van der Waals surface area contributed by atoms with Crippen molar-refractivity contribution < 1.29 is 9.53 Å². The lowest BCUT2D eigenvalue weighted by atomic mass is 10.2. The summed E-state index contributed by atoms with van der Waals surface area (Å²) in [6.07, 6.45) is 0. The van der Waals surface area contributed by atoms with E-state index in [0.717, 1.165) is 16.3 Å². The first-order valence-electron chi connectivity index (χ1n) is 8.05. The Kier molecular flexibility index (Phi) is 6.12. The molecule has 0 aliphatic rings. The van der Waals surface area contributed by atoms with Crippen LogP contribution in [-0.2, 0) is 10.5 Å². The normalized spacial score (nSPS) is 10.2. The number of para-hydroxylation sites is 2. The largest absolute Gasteiger partial charge is 0.484 e. The lowest BCUT2D eigenvalue weighted by Gasteiger charge is -2.11. The van der Waals surface area contributed by atoms with Crippen LogP contribution in [0.2, 0.25) is 0 Å². The zero-order valence-corrected chi connectivity index (χ0v) is 14.5. The minimum absolute atomic E-state index is 0.0122. The molecule has 4 heteroatoms. The molecule has 0 aromatic heterocycles. The second-order valence-electron chi connectivity index (χ2n) is 5.42. The Labute approximate surface area is 152 Å². The van der Waals surface area contributed by atoms with E-state index in [4.69, 9.17) is 4.74 Å². The molecule has 25 heavy (non-hydrogen) atoms. The van der Waals surface area contributed by atoms with Gasteiger partial charge in [0.15, 0.2) is 6.61 Å². The van der Waals surface area contributed by atoms with Gasteiger partial charge in [-0.1, -0.05) is 60.7 Å². The van der Waals surface area contributed by atoms with Crippen LogP contribution in [0.4, 0.5) is 5.69 Å². The zero-order valence-electron chi connectivity index (χ0n) is 13.7. The number of hydrogen-bond donors (Lipinski definition) is 1. The number of nitrogens with one attached hydrogen (secondary N) is 1. The number of carbonyl (C=O) groups is 1.